The molecular weight excluding hydrogens is 230 g/mol. The first-order chi connectivity index (χ1) is 8.47. The SMILES string of the molecule is CCC(=O)N1C(=O)OC(C)(C)C1c1ccccc1. The lowest BCUT2D eigenvalue weighted by atomic mass is 9.91. The first-order valence-corrected chi connectivity index (χ1v) is 6.07. The molecule has 0 aromatic heterocycles. The zero-order valence-corrected chi connectivity index (χ0v) is 10.8. The highest BCUT2D eigenvalue weighted by Crippen LogP contribution is 2.41. The quantitative estimate of drug-likeness (QED) is 0.807. The summed E-state index contributed by atoms with van der Waals surface area (Å²) in [5.41, 5.74) is 0.207. The molecule has 1 fully saturated rings. The largest absolute Gasteiger partial charge is 0.440 e. The van der Waals surface area contributed by atoms with Gasteiger partial charge >= 0.3 is 6.09 Å². The molecule has 1 unspecified atom stereocenters. The second-order valence-electron chi connectivity index (χ2n) is 4.90. The molecule has 2 rings (SSSR count). The number of amides is 2. The second kappa shape index (κ2) is 4.44. The number of benzene rings is 1. The van der Waals surface area contributed by atoms with E-state index in [4.69, 9.17) is 4.74 Å². The van der Waals surface area contributed by atoms with Crippen molar-refractivity contribution in [1.82, 2.24) is 4.90 Å². The Kier molecular flexibility index (Phi) is 3.11. The molecule has 1 aromatic carbocycles. The molecule has 4 heteroatoms. The van der Waals surface area contributed by atoms with Crippen molar-refractivity contribution in [3.8, 4) is 0 Å². The molecule has 96 valence electrons. The Hall–Kier alpha value is -1.84. The summed E-state index contributed by atoms with van der Waals surface area (Å²) in [4.78, 5) is 25.0. The minimum absolute atomic E-state index is 0.209. The van der Waals surface area contributed by atoms with Gasteiger partial charge in [-0.15, -0.1) is 0 Å². The van der Waals surface area contributed by atoms with E-state index in [1.165, 1.54) is 4.90 Å². The summed E-state index contributed by atoms with van der Waals surface area (Å²) in [6.07, 6.45) is -0.269. The Morgan fingerprint density at radius 2 is 1.94 bits per heavy atom. The molecule has 1 aliphatic rings. The van der Waals surface area contributed by atoms with Crippen LogP contribution in [-0.2, 0) is 9.53 Å². The monoisotopic (exact) mass is 247 g/mol. The second-order valence-corrected chi connectivity index (χ2v) is 4.90. The average Bonchev–Trinajstić information content (AvgIpc) is 2.58. The van der Waals surface area contributed by atoms with Gasteiger partial charge in [-0.1, -0.05) is 37.3 Å². The number of ether oxygens (including phenoxy) is 1. The minimum Gasteiger partial charge on any atom is -0.440 e. The summed E-state index contributed by atoms with van der Waals surface area (Å²) in [7, 11) is 0. The van der Waals surface area contributed by atoms with Gasteiger partial charge in [0.1, 0.15) is 11.6 Å². The lowest BCUT2D eigenvalue weighted by Gasteiger charge is -2.28. The molecule has 0 saturated carbocycles. The van der Waals surface area contributed by atoms with Gasteiger partial charge in [0.05, 0.1) is 0 Å². The Morgan fingerprint density at radius 1 is 1.33 bits per heavy atom. The third-order valence-electron chi connectivity index (χ3n) is 3.15. The van der Waals surface area contributed by atoms with Gasteiger partial charge in [-0.05, 0) is 19.4 Å². The van der Waals surface area contributed by atoms with Crippen LogP contribution in [0.15, 0.2) is 30.3 Å². The van der Waals surface area contributed by atoms with Crippen LogP contribution in [-0.4, -0.2) is 22.5 Å². The highest BCUT2D eigenvalue weighted by molar-refractivity contribution is 5.94. The number of rotatable bonds is 2. The number of cyclic esters (lactones) is 1. The van der Waals surface area contributed by atoms with E-state index in [0.29, 0.717) is 0 Å². The number of imide groups is 1. The maximum Gasteiger partial charge on any atom is 0.417 e. The van der Waals surface area contributed by atoms with Gasteiger partial charge in [0.25, 0.3) is 0 Å². The van der Waals surface area contributed by atoms with E-state index >= 15 is 0 Å². The summed E-state index contributed by atoms with van der Waals surface area (Å²) in [5.74, 6) is -0.209. The molecule has 0 bridgehead atoms. The predicted octanol–water partition coefficient (Wildman–Crippen LogP) is 2.90. The zero-order valence-electron chi connectivity index (χ0n) is 10.8. The van der Waals surface area contributed by atoms with E-state index in [9.17, 15) is 9.59 Å². The van der Waals surface area contributed by atoms with Crippen molar-refractivity contribution in [2.24, 2.45) is 0 Å². The molecule has 18 heavy (non-hydrogen) atoms. The van der Waals surface area contributed by atoms with E-state index in [2.05, 4.69) is 0 Å². The van der Waals surface area contributed by atoms with Crippen molar-refractivity contribution in [2.75, 3.05) is 0 Å². The van der Waals surface area contributed by atoms with E-state index < -0.39 is 11.7 Å². The molecule has 2 amide bonds. The lowest BCUT2D eigenvalue weighted by Crippen LogP contribution is -2.37. The van der Waals surface area contributed by atoms with Crippen molar-refractivity contribution in [2.45, 2.75) is 38.8 Å². The Bertz CT molecular complexity index is 467. The summed E-state index contributed by atoms with van der Waals surface area (Å²) in [5, 5.41) is 0. The molecule has 1 aromatic rings. The molecule has 1 heterocycles. The highest BCUT2D eigenvalue weighted by Gasteiger charge is 2.50. The van der Waals surface area contributed by atoms with Gasteiger partial charge in [-0.3, -0.25) is 4.79 Å². The van der Waals surface area contributed by atoms with Crippen molar-refractivity contribution in [3.05, 3.63) is 35.9 Å². The fourth-order valence-corrected chi connectivity index (χ4v) is 2.35. The highest BCUT2D eigenvalue weighted by atomic mass is 16.6. The Labute approximate surface area is 107 Å². The Balaban J connectivity index is 2.45. The number of carbonyl (C=O) groups excluding carboxylic acids is 2. The molecule has 0 N–H and O–H groups in total. The summed E-state index contributed by atoms with van der Waals surface area (Å²) < 4.78 is 5.32. The van der Waals surface area contributed by atoms with Crippen LogP contribution in [0.5, 0.6) is 0 Å². The van der Waals surface area contributed by atoms with Crippen LogP contribution in [0.1, 0.15) is 38.8 Å². The van der Waals surface area contributed by atoms with E-state index in [-0.39, 0.29) is 18.4 Å². The normalized spacial score (nSPS) is 21.8. The zero-order chi connectivity index (χ0) is 13.3. The summed E-state index contributed by atoms with van der Waals surface area (Å²) >= 11 is 0. The summed E-state index contributed by atoms with van der Waals surface area (Å²) in [6.45, 7) is 5.39. The van der Waals surface area contributed by atoms with Crippen LogP contribution in [0.4, 0.5) is 4.79 Å². The van der Waals surface area contributed by atoms with Gasteiger partial charge in [0.15, 0.2) is 0 Å². The van der Waals surface area contributed by atoms with Crippen molar-refractivity contribution in [3.63, 3.8) is 0 Å². The van der Waals surface area contributed by atoms with Crippen LogP contribution < -0.4 is 0 Å². The smallest absolute Gasteiger partial charge is 0.417 e. The van der Waals surface area contributed by atoms with Crippen LogP contribution in [0.3, 0.4) is 0 Å². The number of hydrogen-bond donors (Lipinski definition) is 0. The lowest BCUT2D eigenvalue weighted by molar-refractivity contribution is -0.129. The van der Waals surface area contributed by atoms with E-state index in [1.54, 1.807) is 6.92 Å². The van der Waals surface area contributed by atoms with Crippen molar-refractivity contribution in [1.29, 1.82) is 0 Å². The molecule has 4 nitrogen and oxygen atoms in total. The maximum atomic E-state index is 11.9. The van der Waals surface area contributed by atoms with Crippen LogP contribution in [0, 0.1) is 0 Å². The minimum atomic E-state index is -0.705. The third-order valence-corrected chi connectivity index (χ3v) is 3.15. The van der Waals surface area contributed by atoms with Crippen LogP contribution in [0.2, 0.25) is 0 Å². The summed E-state index contributed by atoms with van der Waals surface area (Å²) in [6, 6.07) is 9.14. The molecule has 0 radical (unpaired) electrons. The van der Waals surface area contributed by atoms with Crippen molar-refractivity contribution >= 4 is 12.0 Å². The predicted molar refractivity (Wildman–Crippen MR) is 66.9 cm³/mol. The van der Waals surface area contributed by atoms with E-state index in [0.717, 1.165) is 5.56 Å². The third kappa shape index (κ3) is 1.98. The molecule has 1 saturated heterocycles. The van der Waals surface area contributed by atoms with Crippen molar-refractivity contribution < 1.29 is 14.3 Å². The van der Waals surface area contributed by atoms with E-state index in [1.807, 2.05) is 44.2 Å². The maximum absolute atomic E-state index is 11.9. The topological polar surface area (TPSA) is 46.6 Å². The fraction of sp³-hybridized carbons (Fsp3) is 0.429. The molecular formula is C14H17NO3. The van der Waals surface area contributed by atoms with Gasteiger partial charge in [0.2, 0.25) is 5.91 Å². The number of hydrogen-bond acceptors (Lipinski definition) is 3. The average molecular weight is 247 g/mol. The molecule has 0 spiro atoms. The first kappa shape index (κ1) is 12.6. The molecule has 1 atom stereocenters. The fourth-order valence-electron chi connectivity index (χ4n) is 2.35. The van der Waals surface area contributed by atoms with Gasteiger partial charge < -0.3 is 4.74 Å². The number of carbonyl (C=O) groups is 2. The van der Waals surface area contributed by atoms with Gasteiger partial charge in [-0.25, -0.2) is 9.69 Å². The van der Waals surface area contributed by atoms with Crippen LogP contribution in [0.25, 0.3) is 0 Å². The molecule has 0 aliphatic carbocycles. The molecule has 1 aliphatic heterocycles. The first-order valence-electron chi connectivity index (χ1n) is 6.07. The van der Waals surface area contributed by atoms with Gasteiger partial charge in [-0.2, -0.15) is 0 Å². The van der Waals surface area contributed by atoms with Gasteiger partial charge in [0, 0.05) is 6.42 Å². The standard InChI is InChI=1S/C14H17NO3/c1-4-11(16)15-12(10-8-6-5-7-9-10)14(2,3)18-13(15)17/h5-9,12H,4H2,1-3H3. The van der Waals surface area contributed by atoms with Crippen LogP contribution >= 0.6 is 0 Å². The Morgan fingerprint density at radius 3 is 2.50 bits per heavy atom. The number of nitrogens with zero attached hydrogens (tertiary/aromatic N) is 1.